The van der Waals surface area contributed by atoms with Gasteiger partial charge in [0.25, 0.3) is 10.0 Å². The highest BCUT2D eigenvalue weighted by atomic mass is 32.2. The molecule has 3 N–H and O–H groups in total. The first-order valence-corrected chi connectivity index (χ1v) is 10.9. The molecular weight excluding hydrogens is 508 g/mol. The maximum atomic E-state index is 13.0. The summed E-state index contributed by atoms with van der Waals surface area (Å²) < 4.78 is 105. The molecule has 0 amide bonds. The summed E-state index contributed by atoms with van der Waals surface area (Å²) in [5, 5.41) is 4.50. The fraction of sp³-hybridized carbons (Fsp3) is 0.105. The van der Waals surface area contributed by atoms with E-state index in [0.29, 0.717) is 12.1 Å². The van der Waals surface area contributed by atoms with Crippen LogP contribution in [0.25, 0.3) is 0 Å². The van der Waals surface area contributed by atoms with Crippen molar-refractivity contribution in [1.29, 1.82) is 0 Å². The lowest BCUT2D eigenvalue weighted by Crippen LogP contribution is -2.20. The van der Waals surface area contributed by atoms with E-state index in [0.717, 1.165) is 0 Å². The third kappa shape index (κ3) is 6.54. The van der Waals surface area contributed by atoms with Crippen LogP contribution in [0.15, 0.2) is 65.8 Å². The molecule has 7 nitrogen and oxygen atoms in total. The van der Waals surface area contributed by atoms with Crippen molar-refractivity contribution in [3.63, 3.8) is 0 Å². The van der Waals surface area contributed by atoms with Crippen molar-refractivity contribution in [1.82, 2.24) is 9.97 Å². The van der Waals surface area contributed by atoms with Gasteiger partial charge in [-0.25, -0.2) is 23.1 Å². The molecule has 0 aliphatic heterocycles. The molecule has 0 aliphatic carbocycles. The van der Waals surface area contributed by atoms with Crippen molar-refractivity contribution in [2.24, 2.45) is 0 Å². The topological polar surface area (TPSA) is 96.0 Å². The Morgan fingerprint density at radius 3 is 1.79 bits per heavy atom. The lowest BCUT2D eigenvalue weighted by atomic mass is 10.1. The molecule has 0 saturated heterocycles. The van der Waals surface area contributed by atoms with Crippen LogP contribution in [0, 0.1) is 0 Å². The number of hydrogen-bond acceptors (Lipinski definition) is 5. The largest absolute Gasteiger partial charge is 0.416 e. The minimum atomic E-state index is -5.01. The maximum Gasteiger partial charge on any atom is 0.416 e. The third-order valence-corrected chi connectivity index (χ3v) is 5.61. The van der Waals surface area contributed by atoms with Crippen LogP contribution >= 0.6 is 12.2 Å². The predicted octanol–water partition coefficient (Wildman–Crippen LogP) is 5.12. The standard InChI is InChI=1S/C19H13F6N5O2S2/c20-18(21,22)11-8-12(19(23,24)25)10-14(9-11)29-17(33)28-13-2-4-15(5-3-13)34(31,32)30-16-26-6-1-7-27-16/h1-10H,(H,26,27,30)(H2,28,29,33). The first-order chi connectivity index (χ1) is 15.7. The van der Waals surface area contributed by atoms with Gasteiger partial charge in [0, 0.05) is 23.8 Å². The quantitative estimate of drug-likeness (QED) is 0.317. The zero-order valence-electron chi connectivity index (χ0n) is 16.6. The average molecular weight is 521 g/mol. The Hall–Kier alpha value is -3.46. The number of anilines is 3. The van der Waals surface area contributed by atoms with Crippen LogP contribution < -0.4 is 15.4 Å². The fourth-order valence-electron chi connectivity index (χ4n) is 2.57. The van der Waals surface area contributed by atoms with E-state index in [9.17, 15) is 34.8 Å². The van der Waals surface area contributed by atoms with Crippen LogP contribution in [-0.4, -0.2) is 23.5 Å². The van der Waals surface area contributed by atoms with Crippen LogP contribution in [0.3, 0.4) is 0 Å². The Morgan fingerprint density at radius 1 is 0.794 bits per heavy atom. The molecule has 2 aromatic carbocycles. The number of nitrogens with zero attached hydrogens (tertiary/aromatic N) is 2. The number of alkyl halides is 6. The molecular formula is C19H13F6N5O2S2. The molecule has 3 aromatic rings. The molecule has 0 bridgehead atoms. The molecule has 0 atom stereocenters. The number of benzene rings is 2. The highest BCUT2D eigenvalue weighted by Crippen LogP contribution is 2.37. The number of aromatic nitrogens is 2. The normalized spacial score (nSPS) is 12.2. The van der Waals surface area contributed by atoms with E-state index in [-0.39, 0.29) is 27.7 Å². The summed E-state index contributed by atoms with van der Waals surface area (Å²) in [5.74, 6) is -0.144. The van der Waals surface area contributed by atoms with Gasteiger partial charge in [-0.2, -0.15) is 26.3 Å². The molecule has 0 fully saturated rings. The maximum absolute atomic E-state index is 13.0. The second kappa shape index (κ2) is 9.42. The highest BCUT2D eigenvalue weighted by Gasteiger charge is 2.37. The Bertz CT molecular complexity index is 1250. The van der Waals surface area contributed by atoms with Gasteiger partial charge in [0.05, 0.1) is 16.0 Å². The number of thiocarbonyl (C=S) groups is 1. The summed E-state index contributed by atoms with van der Waals surface area (Å²) in [7, 11) is -4.01. The van der Waals surface area contributed by atoms with Crippen molar-refractivity contribution in [3.05, 3.63) is 72.1 Å². The number of nitrogens with one attached hydrogen (secondary N) is 3. The number of rotatable bonds is 5. The van der Waals surface area contributed by atoms with E-state index >= 15 is 0 Å². The summed E-state index contributed by atoms with van der Waals surface area (Å²) in [6, 6.07) is 7.44. The predicted molar refractivity (Wildman–Crippen MR) is 116 cm³/mol. The zero-order valence-corrected chi connectivity index (χ0v) is 18.2. The third-order valence-electron chi connectivity index (χ3n) is 4.06. The molecule has 0 aliphatic rings. The van der Waals surface area contributed by atoms with Gasteiger partial charge in [0.1, 0.15) is 0 Å². The number of halogens is 6. The SMILES string of the molecule is O=S(=O)(Nc1ncccn1)c1ccc(NC(=S)Nc2cc(C(F)(F)F)cc(C(F)(F)F)c2)cc1. The van der Waals surface area contributed by atoms with E-state index in [1.807, 2.05) is 0 Å². The van der Waals surface area contributed by atoms with Crippen molar-refractivity contribution in [2.45, 2.75) is 17.2 Å². The van der Waals surface area contributed by atoms with E-state index in [1.165, 1.54) is 42.7 Å². The second-order valence-corrected chi connectivity index (χ2v) is 8.67. The summed E-state index contributed by atoms with van der Waals surface area (Å²) in [5.41, 5.74) is -3.32. The second-order valence-electron chi connectivity index (χ2n) is 6.58. The number of hydrogen-bond donors (Lipinski definition) is 3. The van der Waals surface area contributed by atoms with Crippen LogP contribution in [0.1, 0.15) is 11.1 Å². The van der Waals surface area contributed by atoms with Crippen molar-refractivity contribution in [2.75, 3.05) is 15.4 Å². The summed E-state index contributed by atoms with van der Waals surface area (Å²) in [6.45, 7) is 0. The van der Waals surface area contributed by atoms with Crippen LogP contribution in [0.2, 0.25) is 0 Å². The highest BCUT2D eigenvalue weighted by molar-refractivity contribution is 7.92. The Kier molecular flexibility index (Phi) is 6.97. The van der Waals surface area contributed by atoms with Crippen LogP contribution in [-0.2, 0) is 22.4 Å². The van der Waals surface area contributed by atoms with E-state index < -0.39 is 39.2 Å². The lowest BCUT2D eigenvalue weighted by Gasteiger charge is -2.16. The summed E-state index contributed by atoms with van der Waals surface area (Å²) >= 11 is 4.95. The molecule has 15 heteroatoms. The van der Waals surface area contributed by atoms with Crippen molar-refractivity contribution < 1.29 is 34.8 Å². The van der Waals surface area contributed by atoms with Crippen molar-refractivity contribution >= 4 is 44.7 Å². The zero-order chi connectivity index (χ0) is 25.1. The smallest absolute Gasteiger partial charge is 0.332 e. The van der Waals surface area contributed by atoms with Gasteiger partial charge in [-0.1, -0.05) is 0 Å². The van der Waals surface area contributed by atoms with E-state index in [2.05, 4.69) is 25.3 Å². The van der Waals surface area contributed by atoms with Crippen LogP contribution in [0.4, 0.5) is 43.7 Å². The summed E-state index contributed by atoms with van der Waals surface area (Å²) in [4.78, 5) is 7.34. The Labute approximate surface area is 194 Å². The van der Waals surface area contributed by atoms with Gasteiger partial charge >= 0.3 is 12.4 Å². The number of sulfonamides is 1. The van der Waals surface area contributed by atoms with E-state index in [4.69, 9.17) is 12.2 Å². The molecule has 3 rings (SSSR count). The monoisotopic (exact) mass is 521 g/mol. The first kappa shape index (κ1) is 25.2. The molecule has 0 spiro atoms. The Balaban J connectivity index is 1.73. The summed E-state index contributed by atoms with van der Waals surface area (Å²) in [6.07, 6.45) is -7.33. The first-order valence-electron chi connectivity index (χ1n) is 9.01. The molecule has 0 saturated carbocycles. The Morgan fingerprint density at radius 2 is 1.29 bits per heavy atom. The molecule has 34 heavy (non-hydrogen) atoms. The molecule has 0 radical (unpaired) electrons. The molecule has 1 heterocycles. The van der Waals surface area contributed by atoms with Gasteiger partial charge in [0.15, 0.2) is 5.11 Å². The minimum absolute atomic E-state index is 0.00462. The van der Waals surface area contributed by atoms with E-state index in [1.54, 1.807) is 0 Å². The van der Waals surface area contributed by atoms with Crippen LogP contribution in [0.5, 0.6) is 0 Å². The average Bonchev–Trinajstić information content (AvgIpc) is 2.73. The molecule has 0 unspecified atom stereocenters. The van der Waals surface area contributed by atoms with Gasteiger partial charge in [-0.15, -0.1) is 0 Å². The lowest BCUT2D eigenvalue weighted by molar-refractivity contribution is -0.143. The fourth-order valence-corrected chi connectivity index (χ4v) is 3.76. The van der Waals surface area contributed by atoms with Gasteiger partial charge in [0.2, 0.25) is 5.95 Å². The van der Waals surface area contributed by atoms with Gasteiger partial charge < -0.3 is 10.6 Å². The van der Waals surface area contributed by atoms with Crippen molar-refractivity contribution in [3.8, 4) is 0 Å². The molecule has 1 aromatic heterocycles. The molecule has 180 valence electrons. The minimum Gasteiger partial charge on any atom is -0.332 e. The van der Waals surface area contributed by atoms with Gasteiger partial charge in [-0.3, -0.25) is 0 Å². The van der Waals surface area contributed by atoms with Gasteiger partial charge in [-0.05, 0) is 60.7 Å².